The molecular formula is C81H95N5O11. The van der Waals surface area contributed by atoms with E-state index in [1.165, 1.54) is 17.2 Å². The van der Waals surface area contributed by atoms with Crippen LogP contribution in [0.15, 0.2) is 165 Å². The van der Waals surface area contributed by atoms with E-state index in [4.69, 9.17) is 23.7 Å². The zero-order chi connectivity index (χ0) is 69.9. The molecule has 0 spiro atoms. The number of phenols is 2. The van der Waals surface area contributed by atoms with Gasteiger partial charge < -0.3 is 63.9 Å². The number of aromatic hydroxyl groups is 2. The molecule has 510 valence electrons. The van der Waals surface area contributed by atoms with E-state index >= 15 is 0 Å². The molecule has 16 heteroatoms. The number of hydrogen-bond donors (Lipinski definition) is 4. The standard InChI is InChI=1S/C30H34N2O3.C22H28N2O4.C18H18O3.C11H15NO/c1-21(2)25-17-26(22(3)16-29(25)35-20-23-10-7-6-8-11-23)30(33)32-18-24-12-9-13-28(27(24)19-32)34-15-14-31(4)5;1-14(2)16-10-17(20(26)11-19(16)25)22(27)24-12-15-6-5-7-21(18(15)13-24)28-9-8-23(3)4;1-12(2)15-10-16(18(19)20)13(3)9-17(15)21-11-14-7-5-4-6-8-14;1-2-6-13-11-5-3-4-9-7-12-8-10(9)11/h6-13,16-17H,1,14-15,18-20H2,2-5H3;5-7,10-11,14,25-26H,8-9,12-13H2,1-4H3;4-10H,1,11H2,2-3H3,(H,19,20);3-5,12H,2,6-8H2,1H3. The number of rotatable bonds is 23. The second-order valence-electron chi connectivity index (χ2n) is 25.6. The first-order valence-corrected chi connectivity index (χ1v) is 33.0. The highest BCUT2D eigenvalue weighted by atomic mass is 16.5. The number of amides is 2. The van der Waals surface area contributed by atoms with E-state index in [9.17, 15) is 29.7 Å². The number of nitrogens with zero attached hydrogens (tertiary/aromatic N) is 4. The predicted octanol–water partition coefficient (Wildman–Crippen LogP) is 15.4. The number of phenolic OH excluding ortho intramolecular Hbond substituents is 2. The van der Waals surface area contributed by atoms with Gasteiger partial charge in [-0.2, -0.15) is 0 Å². The minimum absolute atomic E-state index is 0.00494. The van der Waals surface area contributed by atoms with Crippen LogP contribution in [0.2, 0.25) is 0 Å². The van der Waals surface area contributed by atoms with Gasteiger partial charge in [-0.25, -0.2) is 4.79 Å². The molecule has 0 bridgehead atoms. The molecule has 8 aromatic carbocycles. The lowest BCUT2D eigenvalue weighted by Gasteiger charge is -2.20. The highest BCUT2D eigenvalue weighted by Gasteiger charge is 2.31. The Morgan fingerprint density at radius 1 is 0.495 bits per heavy atom. The molecule has 0 saturated carbocycles. The maximum absolute atomic E-state index is 13.6. The normalized spacial score (nSPS) is 12.5. The number of carbonyl (C=O) groups excluding carboxylic acids is 2. The van der Waals surface area contributed by atoms with Gasteiger partial charge in [0.2, 0.25) is 0 Å². The SMILES string of the molecule is C=C(C)c1cc(C(=O)N2Cc3cccc(OCCN(C)C)c3C2)c(C)cc1OCc1ccccc1.C=C(C)c1cc(C(=O)O)c(C)cc1OCc1ccccc1.CC(C)c1cc(C(=O)N2Cc3cccc(OCCN(C)C)c3C2)c(O)cc1O.CCCOc1cccc2c1CNC2. The fourth-order valence-electron chi connectivity index (χ4n) is 11.4. The molecule has 8 aromatic rings. The first-order valence-electron chi connectivity index (χ1n) is 33.0. The van der Waals surface area contributed by atoms with E-state index in [1.54, 1.807) is 30.0 Å². The minimum atomic E-state index is -0.940. The molecule has 0 fully saturated rings. The van der Waals surface area contributed by atoms with Crippen LogP contribution in [0, 0.1) is 13.8 Å². The van der Waals surface area contributed by atoms with Crippen molar-refractivity contribution in [2.75, 3.05) is 61.1 Å². The van der Waals surface area contributed by atoms with Gasteiger partial charge in [-0.05, 0) is 172 Å². The lowest BCUT2D eigenvalue weighted by Crippen LogP contribution is -2.26. The molecule has 0 radical (unpaired) electrons. The first-order chi connectivity index (χ1) is 46.5. The monoisotopic (exact) mass is 1310 g/mol. The Morgan fingerprint density at radius 3 is 1.39 bits per heavy atom. The van der Waals surface area contributed by atoms with Crippen molar-refractivity contribution in [3.8, 4) is 40.2 Å². The molecule has 97 heavy (non-hydrogen) atoms. The van der Waals surface area contributed by atoms with Crippen LogP contribution in [-0.4, -0.2) is 114 Å². The first kappa shape index (κ1) is 72.9. The molecule has 0 aliphatic carbocycles. The fourth-order valence-corrected chi connectivity index (χ4v) is 11.4. The van der Waals surface area contributed by atoms with Gasteiger partial charge >= 0.3 is 5.97 Å². The van der Waals surface area contributed by atoms with Gasteiger partial charge in [0, 0.05) is 78.7 Å². The van der Waals surface area contributed by atoms with Crippen LogP contribution in [0.25, 0.3) is 11.1 Å². The van der Waals surface area contributed by atoms with Crippen LogP contribution >= 0.6 is 0 Å². The smallest absolute Gasteiger partial charge is 0.335 e. The number of carboxylic acid groups (broad SMARTS) is 1. The van der Waals surface area contributed by atoms with Gasteiger partial charge in [0.05, 0.1) is 30.8 Å². The van der Waals surface area contributed by atoms with Gasteiger partial charge in [-0.15, -0.1) is 0 Å². The molecule has 0 saturated heterocycles. The van der Waals surface area contributed by atoms with E-state index < -0.39 is 5.97 Å². The molecule has 0 aromatic heterocycles. The maximum Gasteiger partial charge on any atom is 0.335 e. The zero-order valence-corrected chi connectivity index (χ0v) is 58.2. The van der Waals surface area contributed by atoms with Crippen LogP contribution < -0.4 is 29.0 Å². The summed E-state index contributed by atoms with van der Waals surface area (Å²) in [7, 11) is 8.04. The molecule has 0 atom stereocenters. The Bertz CT molecular complexity index is 4050. The third-order valence-corrected chi connectivity index (χ3v) is 16.9. The summed E-state index contributed by atoms with van der Waals surface area (Å²) in [4.78, 5) is 45.6. The zero-order valence-electron chi connectivity index (χ0n) is 58.2. The number of carboxylic acids is 1. The van der Waals surface area contributed by atoms with E-state index in [0.29, 0.717) is 75.0 Å². The van der Waals surface area contributed by atoms with Crippen LogP contribution in [0.3, 0.4) is 0 Å². The van der Waals surface area contributed by atoms with E-state index in [1.807, 2.05) is 171 Å². The third kappa shape index (κ3) is 19.7. The Kier molecular flexibility index (Phi) is 26.1. The quantitative estimate of drug-likeness (QED) is 0.0474. The Labute approximate surface area is 573 Å². The Hall–Kier alpha value is -9.87. The van der Waals surface area contributed by atoms with E-state index in [2.05, 4.69) is 59.5 Å². The molecule has 0 unspecified atom stereocenters. The van der Waals surface area contributed by atoms with Gasteiger partial charge in [-0.3, -0.25) is 9.59 Å². The average Bonchev–Trinajstić information content (AvgIpc) is 1.72. The van der Waals surface area contributed by atoms with Crippen molar-refractivity contribution in [2.24, 2.45) is 0 Å². The molecular weight excluding hydrogens is 1220 g/mol. The van der Waals surface area contributed by atoms with Crippen molar-refractivity contribution in [3.05, 3.63) is 254 Å². The highest BCUT2D eigenvalue weighted by molar-refractivity contribution is 5.98. The Morgan fingerprint density at radius 2 is 0.938 bits per heavy atom. The summed E-state index contributed by atoms with van der Waals surface area (Å²) in [6, 6.07) is 48.2. The van der Waals surface area contributed by atoms with Crippen LogP contribution in [0.5, 0.6) is 40.2 Å². The van der Waals surface area contributed by atoms with Crippen molar-refractivity contribution in [1.82, 2.24) is 24.9 Å². The second-order valence-corrected chi connectivity index (χ2v) is 25.6. The molecule has 3 aliphatic heterocycles. The van der Waals surface area contributed by atoms with E-state index in [-0.39, 0.29) is 40.4 Å². The minimum Gasteiger partial charge on any atom is -0.508 e. The number of nitrogens with one attached hydrogen (secondary N) is 1. The van der Waals surface area contributed by atoms with Gasteiger partial charge in [0.1, 0.15) is 66.7 Å². The number of ether oxygens (including phenoxy) is 5. The van der Waals surface area contributed by atoms with Gasteiger partial charge in [-0.1, -0.05) is 131 Å². The van der Waals surface area contributed by atoms with Crippen LogP contribution in [-0.2, 0) is 52.5 Å². The van der Waals surface area contributed by atoms with Crippen molar-refractivity contribution >= 4 is 28.9 Å². The molecule has 16 nitrogen and oxygen atoms in total. The summed E-state index contributed by atoms with van der Waals surface area (Å²) in [5.74, 6) is 2.79. The summed E-state index contributed by atoms with van der Waals surface area (Å²) in [5, 5.41) is 32.8. The van der Waals surface area contributed by atoms with E-state index in [0.717, 1.165) is 123 Å². The number of benzene rings is 8. The topological polar surface area (TPSA) is 183 Å². The molecule has 3 heterocycles. The van der Waals surface area contributed by atoms with Crippen molar-refractivity contribution in [3.63, 3.8) is 0 Å². The average molecular weight is 1310 g/mol. The number of aryl methyl sites for hydroxylation is 2. The number of allylic oxidation sites excluding steroid dienone is 2. The summed E-state index contributed by atoms with van der Waals surface area (Å²) >= 11 is 0. The lowest BCUT2D eigenvalue weighted by molar-refractivity contribution is 0.0693. The maximum atomic E-state index is 13.6. The Balaban J connectivity index is 0.000000174. The number of hydrogen-bond acceptors (Lipinski definition) is 13. The van der Waals surface area contributed by atoms with Crippen LogP contribution in [0.1, 0.15) is 150 Å². The van der Waals surface area contributed by atoms with Gasteiger partial charge in [0.25, 0.3) is 11.8 Å². The number of carbonyl (C=O) groups is 3. The third-order valence-electron chi connectivity index (χ3n) is 16.9. The highest BCUT2D eigenvalue weighted by Crippen LogP contribution is 2.39. The fraction of sp³-hybridized carbons (Fsp3) is 0.321. The number of likely N-dealkylation sites (N-methyl/N-ethyl adjacent to an activating group) is 2. The summed E-state index contributed by atoms with van der Waals surface area (Å²) < 4.78 is 29.6. The van der Waals surface area contributed by atoms with Crippen molar-refractivity contribution in [2.45, 2.75) is 113 Å². The summed E-state index contributed by atoms with van der Waals surface area (Å²) in [5.41, 5.74) is 15.8. The van der Waals surface area contributed by atoms with Crippen molar-refractivity contribution in [1.29, 1.82) is 0 Å². The second kappa shape index (κ2) is 34.7. The van der Waals surface area contributed by atoms with Crippen molar-refractivity contribution < 1.29 is 53.4 Å². The predicted molar refractivity (Wildman–Crippen MR) is 385 cm³/mol. The van der Waals surface area contributed by atoms with Gasteiger partial charge in [0.15, 0.2) is 0 Å². The molecule has 2 amide bonds. The molecule has 11 rings (SSSR count). The molecule has 4 N–H and O–H groups in total. The van der Waals surface area contributed by atoms with Crippen LogP contribution in [0.4, 0.5) is 0 Å². The lowest BCUT2D eigenvalue weighted by atomic mass is 9.98. The number of aromatic carboxylic acids is 1. The number of fused-ring (bicyclic) bond motifs is 3. The molecule has 3 aliphatic rings. The summed E-state index contributed by atoms with van der Waals surface area (Å²) in [6.45, 7) is 30.0. The summed E-state index contributed by atoms with van der Waals surface area (Å²) in [6.07, 6.45) is 1.07. The largest absolute Gasteiger partial charge is 0.508 e.